The number of carbonyl (C=O) groups is 1. The molecular weight excluding hydrogens is 247 g/mol. The zero-order valence-corrected chi connectivity index (χ0v) is 11.2. The fourth-order valence-electron chi connectivity index (χ4n) is 2.56. The van der Waals surface area contributed by atoms with Crippen molar-refractivity contribution in [1.29, 1.82) is 0 Å². The van der Waals surface area contributed by atoms with E-state index in [1.54, 1.807) is 30.9 Å². The van der Waals surface area contributed by atoms with Crippen LogP contribution in [0.4, 0.5) is 10.1 Å². The average Bonchev–Trinajstić information content (AvgIpc) is 2.72. The summed E-state index contributed by atoms with van der Waals surface area (Å²) in [6.07, 6.45) is -0.165. The lowest BCUT2D eigenvalue weighted by Crippen LogP contribution is -2.37. The first kappa shape index (κ1) is 13.8. The summed E-state index contributed by atoms with van der Waals surface area (Å²) < 4.78 is 14.0. The van der Waals surface area contributed by atoms with E-state index in [9.17, 15) is 14.3 Å². The summed E-state index contributed by atoms with van der Waals surface area (Å²) in [5, 5.41) is 9.74. The molecule has 0 bridgehead atoms. The molecule has 1 aromatic rings. The molecule has 2 rings (SSSR count). The van der Waals surface area contributed by atoms with Gasteiger partial charge in [-0.05, 0) is 26.3 Å². The zero-order valence-electron chi connectivity index (χ0n) is 11.2. The van der Waals surface area contributed by atoms with Gasteiger partial charge in [-0.3, -0.25) is 4.79 Å². The largest absolute Gasteiger partial charge is 0.389 e. The number of aliphatic hydroxyl groups is 1. The van der Waals surface area contributed by atoms with Crippen molar-refractivity contribution in [1.82, 2.24) is 0 Å². The van der Waals surface area contributed by atoms with Crippen LogP contribution in [0.2, 0.25) is 0 Å². The Balaban J connectivity index is 2.37. The summed E-state index contributed by atoms with van der Waals surface area (Å²) in [7, 11) is 0. The van der Waals surface area contributed by atoms with Crippen LogP contribution < -0.4 is 10.6 Å². The summed E-state index contributed by atoms with van der Waals surface area (Å²) in [5.74, 6) is -0.753. The third kappa shape index (κ3) is 2.42. The van der Waals surface area contributed by atoms with Crippen LogP contribution in [-0.4, -0.2) is 24.1 Å². The number of rotatable bonds is 3. The number of nitrogens with two attached hydrogens (primary N) is 1. The molecule has 1 saturated heterocycles. The van der Waals surface area contributed by atoms with Gasteiger partial charge in [0, 0.05) is 18.7 Å². The van der Waals surface area contributed by atoms with Crippen molar-refractivity contribution in [3.8, 4) is 0 Å². The van der Waals surface area contributed by atoms with E-state index >= 15 is 0 Å². The van der Waals surface area contributed by atoms with Crippen molar-refractivity contribution < 1.29 is 14.3 Å². The van der Waals surface area contributed by atoms with E-state index in [2.05, 4.69) is 0 Å². The maximum Gasteiger partial charge on any atom is 0.225 e. The SMILES string of the molecule is C[C@H](O)c1cccc(F)c1N1CCC(C)(C(N)=O)C1. The molecule has 1 aromatic carbocycles. The zero-order chi connectivity index (χ0) is 14.2. The molecule has 1 aliphatic rings. The highest BCUT2D eigenvalue weighted by Crippen LogP contribution is 2.37. The number of benzene rings is 1. The third-order valence-electron chi connectivity index (χ3n) is 3.85. The molecular formula is C14H19FN2O2. The molecule has 1 aliphatic heterocycles. The Morgan fingerprint density at radius 1 is 1.58 bits per heavy atom. The first-order chi connectivity index (χ1) is 8.85. The monoisotopic (exact) mass is 266 g/mol. The predicted molar refractivity (Wildman–Crippen MR) is 71.2 cm³/mol. The van der Waals surface area contributed by atoms with Gasteiger partial charge in [0.15, 0.2) is 0 Å². The second-order valence-electron chi connectivity index (χ2n) is 5.45. The smallest absolute Gasteiger partial charge is 0.225 e. The normalized spacial score (nSPS) is 24.5. The molecule has 0 saturated carbocycles. The number of para-hydroxylation sites is 1. The molecule has 5 heteroatoms. The summed E-state index contributed by atoms with van der Waals surface area (Å²) in [4.78, 5) is 13.3. The van der Waals surface area contributed by atoms with Crippen molar-refractivity contribution in [2.24, 2.45) is 11.1 Å². The number of hydrogen-bond donors (Lipinski definition) is 2. The number of nitrogens with zero attached hydrogens (tertiary/aromatic N) is 1. The molecule has 0 aliphatic carbocycles. The van der Waals surface area contributed by atoms with E-state index in [4.69, 9.17) is 5.73 Å². The fourth-order valence-corrected chi connectivity index (χ4v) is 2.56. The minimum Gasteiger partial charge on any atom is -0.389 e. The van der Waals surface area contributed by atoms with E-state index in [0.29, 0.717) is 30.8 Å². The van der Waals surface area contributed by atoms with Crippen LogP contribution in [-0.2, 0) is 4.79 Å². The highest BCUT2D eigenvalue weighted by Gasteiger charge is 2.40. The maximum atomic E-state index is 14.0. The maximum absolute atomic E-state index is 14.0. The highest BCUT2D eigenvalue weighted by molar-refractivity contribution is 5.82. The number of amides is 1. The number of primary amides is 1. The number of halogens is 1. The van der Waals surface area contributed by atoms with Gasteiger partial charge in [-0.15, -0.1) is 0 Å². The Bertz CT molecular complexity index is 504. The van der Waals surface area contributed by atoms with Gasteiger partial charge in [-0.1, -0.05) is 12.1 Å². The van der Waals surface area contributed by atoms with Crippen molar-refractivity contribution >= 4 is 11.6 Å². The van der Waals surface area contributed by atoms with E-state index in [0.717, 1.165) is 0 Å². The van der Waals surface area contributed by atoms with Crippen LogP contribution in [0.1, 0.15) is 31.9 Å². The highest BCUT2D eigenvalue weighted by atomic mass is 19.1. The van der Waals surface area contributed by atoms with Crippen LogP contribution in [0.25, 0.3) is 0 Å². The van der Waals surface area contributed by atoms with Crippen LogP contribution in [0.3, 0.4) is 0 Å². The number of carbonyl (C=O) groups excluding carboxylic acids is 1. The first-order valence-corrected chi connectivity index (χ1v) is 6.36. The van der Waals surface area contributed by atoms with Crippen LogP contribution in [0.15, 0.2) is 18.2 Å². The van der Waals surface area contributed by atoms with Gasteiger partial charge >= 0.3 is 0 Å². The second-order valence-corrected chi connectivity index (χ2v) is 5.45. The molecule has 4 nitrogen and oxygen atoms in total. The number of hydrogen-bond acceptors (Lipinski definition) is 3. The molecule has 19 heavy (non-hydrogen) atoms. The topological polar surface area (TPSA) is 66.6 Å². The minimum absolute atomic E-state index is 0.370. The molecule has 0 radical (unpaired) electrons. The Kier molecular flexibility index (Phi) is 3.49. The summed E-state index contributed by atoms with van der Waals surface area (Å²) >= 11 is 0. The third-order valence-corrected chi connectivity index (χ3v) is 3.85. The van der Waals surface area contributed by atoms with Crippen LogP contribution in [0.5, 0.6) is 0 Å². The van der Waals surface area contributed by atoms with E-state index in [1.807, 2.05) is 0 Å². The molecule has 1 unspecified atom stereocenters. The predicted octanol–water partition coefficient (Wildman–Crippen LogP) is 1.58. The van der Waals surface area contributed by atoms with E-state index < -0.39 is 11.5 Å². The number of anilines is 1. The molecule has 1 heterocycles. The lowest BCUT2D eigenvalue weighted by Gasteiger charge is -2.25. The quantitative estimate of drug-likeness (QED) is 0.873. The molecule has 0 spiro atoms. The molecule has 3 N–H and O–H groups in total. The lowest BCUT2D eigenvalue weighted by atomic mass is 9.89. The second kappa shape index (κ2) is 4.81. The first-order valence-electron chi connectivity index (χ1n) is 6.36. The standard InChI is InChI=1S/C14H19FN2O2/c1-9(18)10-4-3-5-11(15)12(10)17-7-6-14(2,8-17)13(16)19/h3-5,9,18H,6-8H2,1-2H3,(H2,16,19)/t9-,14?/m0/s1. The van der Waals surface area contributed by atoms with Gasteiger partial charge in [-0.2, -0.15) is 0 Å². The Morgan fingerprint density at radius 3 is 2.79 bits per heavy atom. The Morgan fingerprint density at radius 2 is 2.26 bits per heavy atom. The van der Waals surface area contributed by atoms with Crippen molar-refractivity contribution in [2.75, 3.05) is 18.0 Å². The Labute approximate surface area is 112 Å². The lowest BCUT2D eigenvalue weighted by molar-refractivity contribution is -0.125. The van der Waals surface area contributed by atoms with Crippen LogP contribution >= 0.6 is 0 Å². The van der Waals surface area contributed by atoms with Crippen molar-refractivity contribution in [3.05, 3.63) is 29.6 Å². The summed E-state index contributed by atoms with van der Waals surface area (Å²) in [5.41, 5.74) is 5.67. The van der Waals surface area contributed by atoms with E-state index in [-0.39, 0.29) is 11.7 Å². The molecule has 1 amide bonds. The van der Waals surface area contributed by atoms with Gasteiger partial charge < -0.3 is 15.7 Å². The van der Waals surface area contributed by atoms with Crippen molar-refractivity contribution in [2.45, 2.75) is 26.4 Å². The van der Waals surface area contributed by atoms with Gasteiger partial charge in [0.05, 0.1) is 17.2 Å². The molecule has 104 valence electrons. The summed E-state index contributed by atoms with van der Waals surface area (Å²) in [6.45, 7) is 4.32. The Hall–Kier alpha value is -1.62. The van der Waals surface area contributed by atoms with Crippen molar-refractivity contribution in [3.63, 3.8) is 0 Å². The van der Waals surface area contributed by atoms with Crippen LogP contribution in [0, 0.1) is 11.2 Å². The summed E-state index contributed by atoms with van der Waals surface area (Å²) in [6, 6.07) is 4.63. The average molecular weight is 266 g/mol. The molecule has 0 aromatic heterocycles. The minimum atomic E-state index is -0.758. The molecule has 2 atom stereocenters. The van der Waals surface area contributed by atoms with Gasteiger partial charge in [0.2, 0.25) is 5.91 Å². The van der Waals surface area contributed by atoms with E-state index in [1.165, 1.54) is 6.07 Å². The fraction of sp³-hybridized carbons (Fsp3) is 0.500. The molecule has 1 fully saturated rings. The number of aliphatic hydroxyl groups excluding tert-OH is 1. The van der Waals surface area contributed by atoms with Gasteiger partial charge in [0.1, 0.15) is 5.82 Å². The van der Waals surface area contributed by atoms with Gasteiger partial charge in [-0.25, -0.2) is 4.39 Å². The van der Waals surface area contributed by atoms with Gasteiger partial charge in [0.25, 0.3) is 0 Å².